The highest BCUT2D eigenvalue weighted by atomic mass is 32.2. The van der Waals surface area contributed by atoms with Crippen molar-refractivity contribution in [3.05, 3.63) is 65.5 Å². The monoisotopic (exact) mass is 319 g/mol. The second-order valence-corrected chi connectivity index (χ2v) is 7.37. The van der Waals surface area contributed by atoms with Crippen LogP contribution in [0.15, 0.2) is 53.4 Å². The fourth-order valence-electron chi connectivity index (χ4n) is 3.37. The minimum atomic E-state index is -3.66. The summed E-state index contributed by atoms with van der Waals surface area (Å²) in [6.45, 7) is 0. The fourth-order valence-corrected chi connectivity index (χ4v) is 3.89. The van der Waals surface area contributed by atoms with Crippen LogP contribution in [0, 0.1) is 5.82 Å². The molecule has 0 saturated heterocycles. The van der Waals surface area contributed by atoms with Crippen molar-refractivity contribution in [3.8, 4) is 0 Å². The third-order valence-electron chi connectivity index (χ3n) is 4.45. The van der Waals surface area contributed by atoms with Crippen LogP contribution in [0.3, 0.4) is 0 Å². The molecule has 0 amide bonds. The lowest BCUT2D eigenvalue weighted by Gasteiger charge is -2.20. The molecule has 2 unspecified atom stereocenters. The molecule has 0 radical (unpaired) electrons. The number of halogens is 1. The van der Waals surface area contributed by atoms with Gasteiger partial charge in [-0.15, -0.1) is 0 Å². The fraction of sp³-hybridized carbons (Fsp3) is 0.294. The zero-order valence-corrected chi connectivity index (χ0v) is 12.9. The van der Waals surface area contributed by atoms with Gasteiger partial charge in [0, 0.05) is 0 Å². The molecule has 0 bridgehead atoms. The molecular formula is C17H18FNO2S. The summed E-state index contributed by atoms with van der Waals surface area (Å²) in [5.41, 5.74) is 2.25. The molecule has 2 aromatic carbocycles. The van der Waals surface area contributed by atoms with E-state index in [1.54, 1.807) is 12.1 Å². The average molecular weight is 319 g/mol. The quantitative estimate of drug-likeness (QED) is 0.941. The Balaban J connectivity index is 1.88. The Labute approximate surface area is 130 Å². The van der Waals surface area contributed by atoms with Crippen molar-refractivity contribution >= 4 is 10.0 Å². The van der Waals surface area contributed by atoms with Gasteiger partial charge in [-0.2, -0.15) is 0 Å². The van der Waals surface area contributed by atoms with Crippen LogP contribution in [0.1, 0.15) is 42.2 Å². The van der Waals surface area contributed by atoms with E-state index < -0.39 is 10.0 Å². The Morgan fingerprint density at radius 3 is 1.77 bits per heavy atom. The summed E-state index contributed by atoms with van der Waals surface area (Å²) in [6.07, 6.45) is 3.23. The predicted molar refractivity (Wildman–Crippen MR) is 83.5 cm³/mol. The van der Waals surface area contributed by atoms with Crippen molar-refractivity contribution in [3.63, 3.8) is 0 Å². The molecule has 1 fully saturated rings. The first kappa shape index (κ1) is 15.2. The topological polar surface area (TPSA) is 60.2 Å². The Morgan fingerprint density at radius 2 is 1.32 bits per heavy atom. The number of benzene rings is 2. The Kier molecular flexibility index (Phi) is 4.02. The molecule has 1 aliphatic carbocycles. The van der Waals surface area contributed by atoms with Gasteiger partial charge in [-0.25, -0.2) is 17.9 Å². The molecule has 2 N–H and O–H groups in total. The van der Waals surface area contributed by atoms with Crippen molar-refractivity contribution in [2.75, 3.05) is 0 Å². The molecule has 0 spiro atoms. The Bertz CT molecular complexity index is 754. The largest absolute Gasteiger partial charge is 0.238 e. The van der Waals surface area contributed by atoms with Gasteiger partial charge < -0.3 is 0 Å². The van der Waals surface area contributed by atoms with E-state index in [0.717, 1.165) is 30.4 Å². The van der Waals surface area contributed by atoms with Crippen LogP contribution < -0.4 is 5.14 Å². The van der Waals surface area contributed by atoms with Gasteiger partial charge in [-0.1, -0.05) is 30.7 Å². The second kappa shape index (κ2) is 5.82. The highest BCUT2D eigenvalue weighted by molar-refractivity contribution is 7.89. The minimum absolute atomic E-state index is 0.132. The zero-order chi connectivity index (χ0) is 15.7. The van der Waals surface area contributed by atoms with Gasteiger partial charge in [-0.3, -0.25) is 0 Å². The van der Waals surface area contributed by atoms with Crippen LogP contribution in [-0.2, 0) is 10.0 Å². The lowest BCUT2D eigenvalue weighted by Crippen LogP contribution is -2.12. The third kappa shape index (κ3) is 3.05. The average Bonchev–Trinajstić information content (AvgIpc) is 2.97. The van der Waals surface area contributed by atoms with Gasteiger partial charge in [0.25, 0.3) is 0 Å². The number of sulfonamides is 1. The maximum atomic E-state index is 13.1. The SMILES string of the molecule is NS(=O)(=O)c1ccc(C2CCCC2c2ccc(F)cc2)cc1. The van der Waals surface area contributed by atoms with Crippen molar-refractivity contribution in [1.29, 1.82) is 0 Å². The molecule has 0 aliphatic heterocycles. The summed E-state index contributed by atoms with van der Waals surface area (Å²) in [4.78, 5) is 0.132. The smallest absolute Gasteiger partial charge is 0.225 e. The molecule has 2 aromatic rings. The standard InChI is InChI=1S/C17H18FNO2S/c18-14-8-4-12(5-9-14)16-2-1-3-17(16)13-6-10-15(11-7-13)22(19,20)21/h4-11,16-17H,1-3H2,(H2,19,20,21). The molecule has 3 nitrogen and oxygen atoms in total. The first-order valence-electron chi connectivity index (χ1n) is 7.33. The summed E-state index contributed by atoms with van der Waals surface area (Å²) in [5.74, 6) is 0.455. The maximum Gasteiger partial charge on any atom is 0.238 e. The first-order valence-corrected chi connectivity index (χ1v) is 8.88. The molecule has 1 saturated carbocycles. The van der Waals surface area contributed by atoms with Crippen LogP contribution in [0.25, 0.3) is 0 Å². The van der Waals surface area contributed by atoms with E-state index in [2.05, 4.69) is 0 Å². The van der Waals surface area contributed by atoms with Gasteiger partial charge in [0.05, 0.1) is 4.90 Å². The van der Waals surface area contributed by atoms with Crippen LogP contribution in [-0.4, -0.2) is 8.42 Å². The summed E-state index contributed by atoms with van der Waals surface area (Å²) in [5, 5.41) is 5.13. The highest BCUT2D eigenvalue weighted by Crippen LogP contribution is 2.45. The molecule has 3 rings (SSSR count). The highest BCUT2D eigenvalue weighted by Gasteiger charge is 2.29. The van der Waals surface area contributed by atoms with E-state index in [1.165, 1.54) is 12.1 Å². The number of primary sulfonamides is 1. The maximum absolute atomic E-state index is 13.1. The van der Waals surface area contributed by atoms with E-state index >= 15 is 0 Å². The summed E-state index contributed by atoms with van der Waals surface area (Å²) in [6, 6.07) is 13.5. The zero-order valence-electron chi connectivity index (χ0n) is 12.1. The van der Waals surface area contributed by atoms with Crippen LogP contribution in [0.5, 0.6) is 0 Å². The van der Waals surface area contributed by atoms with E-state index in [0.29, 0.717) is 11.8 Å². The van der Waals surface area contributed by atoms with Crippen molar-refractivity contribution < 1.29 is 12.8 Å². The second-order valence-electron chi connectivity index (χ2n) is 5.81. The van der Waals surface area contributed by atoms with Crippen molar-refractivity contribution in [2.45, 2.75) is 36.0 Å². The lowest BCUT2D eigenvalue weighted by atomic mass is 9.84. The Hall–Kier alpha value is -1.72. The van der Waals surface area contributed by atoms with Gasteiger partial charge in [0.1, 0.15) is 5.82 Å². The van der Waals surface area contributed by atoms with Crippen molar-refractivity contribution in [1.82, 2.24) is 0 Å². The predicted octanol–water partition coefficient (Wildman–Crippen LogP) is 3.52. The first-order chi connectivity index (χ1) is 10.4. The Morgan fingerprint density at radius 1 is 0.864 bits per heavy atom. The summed E-state index contributed by atoms with van der Waals surface area (Å²) in [7, 11) is -3.66. The van der Waals surface area contributed by atoms with E-state index in [1.807, 2.05) is 24.3 Å². The molecule has 5 heteroatoms. The van der Waals surface area contributed by atoms with Gasteiger partial charge >= 0.3 is 0 Å². The summed E-state index contributed by atoms with van der Waals surface area (Å²) < 4.78 is 35.7. The van der Waals surface area contributed by atoms with Crippen LogP contribution in [0.4, 0.5) is 4.39 Å². The molecule has 22 heavy (non-hydrogen) atoms. The number of rotatable bonds is 3. The normalized spacial score (nSPS) is 21.9. The molecule has 0 heterocycles. The van der Waals surface area contributed by atoms with E-state index in [-0.39, 0.29) is 10.7 Å². The van der Waals surface area contributed by atoms with Gasteiger partial charge in [0.15, 0.2) is 0 Å². The minimum Gasteiger partial charge on any atom is -0.225 e. The number of hydrogen-bond acceptors (Lipinski definition) is 2. The van der Waals surface area contributed by atoms with E-state index in [9.17, 15) is 12.8 Å². The molecule has 1 aliphatic rings. The molecule has 0 aromatic heterocycles. The van der Waals surface area contributed by atoms with Crippen molar-refractivity contribution in [2.24, 2.45) is 5.14 Å². The molecular weight excluding hydrogens is 301 g/mol. The lowest BCUT2D eigenvalue weighted by molar-refractivity contribution is 0.597. The molecule has 2 atom stereocenters. The number of nitrogens with two attached hydrogens (primary N) is 1. The van der Waals surface area contributed by atoms with Crippen LogP contribution in [0.2, 0.25) is 0 Å². The van der Waals surface area contributed by atoms with Gasteiger partial charge in [-0.05, 0) is 60.1 Å². The summed E-state index contributed by atoms with van der Waals surface area (Å²) >= 11 is 0. The number of hydrogen-bond donors (Lipinski definition) is 1. The molecule has 116 valence electrons. The van der Waals surface area contributed by atoms with Crippen LogP contribution >= 0.6 is 0 Å². The third-order valence-corrected chi connectivity index (χ3v) is 5.38. The van der Waals surface area contributed by atoms with Gasteiger partial charge in [0.2, 0.25) is 10.0 Å². The van der Waals surface area contributed by atoms with E-state index in [4.69, 9.17) is 5.14 Å².